The van der Waals surface area contributed by atoms with Gasteiger partial charge in [-0.25, -0.2) is 0 Å². The van der Waals surface area contributed by atoms with Gasteiger partial charge < -0.3 is 38.4 Å². The molecule has 2 unspecified atom stereocenters. The number of aliphatic hydroxyl groups is 3. The van der Waals surface area contributed by atoms with Crippen LogP contribution in [0.1, 0.15) is 122 Å². The number of hydrogen-bond acceptors (Lipinski definition) is 10. The van der Waals surface area contributed by atoms with Crippen LogP contribution < -0.4 is 0 Å². The fourth-order valence-corrected chi connectivity index (χ4v) is 9.63. The van der Waals surface area contributed by atoms with Crippen molar-refractivity contribution < 1.29 is 48.0 Å². The average Bonchev–Trinajstić information content (AvgIpc) is 3.79. The van der Waals surface area contributed by atoms with E-state index in [4.69, 9.17) is 23.1 Å². The Morgan fingerprint density at radius 2 is 1.61 bits per heavy atom. The molecule has 0 aromatic rings. The summed E-state index contributed by atoms with van der Waals surface area (Å²) < 4.78 is 31.3. The lowest BCUT2D eigenvalue weighted by atomic mass is 9.87. The summed E-state index contributed by atoms with van der Waals surface area (Å²) in [6.07, 6.45) is 2.54. The molecule has 0 bridgehead atoms. The molecule has 2 aliphatic rings. The molecular weight excluding hydrogens is 721 g/mol. The van der Waals surface area contributed by atoms with Crippen LogP contribution >= 0.6 is 0 Å². The Balaban J connectivity index is 2.28. The van der Waals surface area contributed by atoms with Crippen molar-refractivity contribution in [1.29, 1.82) is 0 Å². The molecule has 0 saturated carbocycles. The first-order valence-corrected chi connectivity index (χ1v) is 26.1. The van der Waals surface area contributed by atoms with E-state index in [9.17, 15) is 24.9 Å². The number of esters is 2. The number of aliphatic hydroxyl groups excluding tert-OH is 2. The predicted octanol–water partition coefficient (Wildman–Crippen LogP) is 8.25. The van der Waals surface area contributed by atoms with Crippen LogP contribution in [-0.4, -0.2) is 98.3 Å². The summed E-state index contributed by atoms with van der Waals surface area (Å²) in [6, 6.07) is 0. The van der Waals surface area contributed by atoms with Crippen molar-refractivity contribution in [3.8, 4) is 0 Å². The molecule has 0 aromatic heterocycles. The van der Waals surface area contributed by atoms with Crippen molar-refractivity contribution in [1.82, 2.24) is 0 Å². The monoisotopic (exact) mass is 799 g/mol. The van der Waals surface area contributed by atoms with E-state index >= 15 is 0 Å². The summed E-state index contributed by atoms with van der Waals surface area (Å²) in [5, 5.41) is 34.2. The van der Waals surface area contributed by atoms with Gasteiger partial charge in [-0.15, -0.1) is 0 Å². The third kappa shape index (κ3) is 13.6. The van der Waals surface area contributed by atoms with E-state index in [2.05, 4.69) is 81.6 Å². The molecule has 3 N–H and O–H groups in total. The van der Waals surface area contributed by atoms with E-state index in [1.807, 2.05) is 13.8 Å². The zero-order valence-corrected chi connectivity index (χ0v) is 38.8. The van der Waals surface area contributed by atoms with Crippen molar-refractivity contribution in [2.75, 3.05) is 0 Å². The van der Waals surface area contributed by atoms with E-state index in [0.29, 0.717) is 18.4 Å². The Morgan fingerprint density at radius 3 is 2.13 bits per heavy atom. The quantitative estimate of drug-likeness (QED) is 0.0680. The van der Waals surface area contributed by atoms with Crippen LogP contribution in [0.15, 0.2) is 23.8 Å². The summed E-state index contributed by atoms with van der Waals surface area (Å²) in [5.74, 6) is -1.48. The molecule has 12 atom stereocenters. The summed E-state index contributed by atoms with van der Waals surface area (Å²) in [6.45, 7) is 34.7. The smallest absolute Gasteiger partial charge is 0.308 e. The van der Waals surface area contributed by atoms with Gasteiger partial charge in [0.2, 0.25) is 0 Å². The number of epoxide rings is 1. The lowest BCUT2D eigenvalue weighted by Gasteiger charge is -2.40. The van der Waals surface area contributed by atoms with Gasteiger partial charge >= 0.3 is 11.9 Å². The Bertz CT molecular complexity index is 1300. The highest BCUT2D eigenvalue weighted by molar-refractivity contribution is 6.74. The minimum atomic E-state index is -2.32. The molecule has 0 amide bonds. The molecule has 0 aromatic carbocycles. The van der Waals surface area contributed by atoms with Gasteiger partial charge in [0.25, 0.3) is 0 Å². The maximum absolute atomic E-state index is 13.6. The summed E-state index contributed by atoms with van der Waals surface area (Å²) in [5.41, 5.74) is -0.856. The second-order valence-electron chi connectivity index (χ2n) is 19.7. The number of rotatable bonds is 14. The number of cyclic esters (lactones) is 1. The van der Waals surface area contributed by atoms with E-state index in [1.165, 1.54) is 6.92 Å². The second kappa shape index (κ2) is 18.9. The van der Waals surface area contributed by atoms with Gasteiger partial charge in [-0.05, 0) is 93.4 Å². The molecule has 2 heterocycles. The molecule has 54 heavy (non-hydrogen) atoms. The van der Waals surface area contributed by atoms with Gasteiger partial charge in [-0.3, -0.25) is 9.59 Å². The lowest BCUT2D eigenvalue weighted by molar-refractivity contribution is -0.157. The van der Waals surface area contributed by atoms with Crippen LogP contribution in [0.5, 0.6) is 0 Å². The maximum Gasteiger partial charge on any atom is 0.308 e. The molecule has 10 nitrogen and oxygen atoms in total. The normalized spacial score (nSPS) is 31.6. The SMILES string of the molecule is CC[C@H](O[Si](C)(C)C(C)(C)C)[C@@H](C)[C@H]1O[C@@H]1C[C@H](C)C(O)C(O)/C=C(\C)[C@H]1OC(=O)C[C@H](O[Si](C)(C)C(C)(C)C)CC[C@@](C)(O)[C@@H](OC(C)=O)/C=C/[C@@H]1C. The molecule has 0 radical (unpaired) electrons. The standard InChI is InChI=1S/C42H78O10Si2/c1-18-33(52-54(16,17)41(10,11)12)29(5)39-34(49-39)24-27(3)37(46)32(44)23-28(4)38-26(2)19-20-35(48-30(6)43)42(13,47)22-21-31(25-36(45)50-38)51-53(14,15)40(7,8)9/h19-20,23,26-27,29,31-35,37-39,44,46-47H,18,21-22,24-25H2,1-17H3/b20-19+,28-23+/t26-,27-,29+,31+,32?,33-,34+,35-,37?,38-,39+,42+/m0/s1. The third-order valence-corrected chi connectivity index (χ3v) is 21.7. The largest absolute Gasteiger partial charge is 0.457 e. The topological polar surface area (TPSA) is 144 Å². The minimum Gasteiger partial charge on any atom is -0.457 e. The van der Waals surface area contributed by atoms with E-state index in [-0.39, 0.29) is 53.1 Å². The van der Waals surface area contributed by atoms with Crippen molar-refractivity contribution in [2.45, 2.75) is 213 Å². The van der Waals surface area contributed by atoms with Crippen LogP contribution in [0.4, 0.5) is 0 Å². The zero-order valence-electron chi connectivity index (χ0n) is 36.8. The highest BCUT2D eigenvalue weighted by Gasteiger charge is 2.49. The summed E-state index contributed by atoms with van der Waals surface area (Å²) in [7, 11) is -4.27. The molecule has 0 spiro atoms. The molecule has 1 saturated heterocycles. The zero-order chi connectivity index (χ0) is 41.8. The maximum atomic E-state index is 13.6. The fraction of sp³-hybridized carbons (Fsp3) is 0.857. The lowest BCUT2D eigenvalue weighted by Crippen LogP contribution is -2.46. The third-order valence-electron chi connectivity index (χ3n) is 12.7. The van der Waals surface area contributed by atoms with Gasteiger partial charge in [-0.2, -0.15) is 0 Å². The molecule has 2 rings (SSSR count). The molecule has 314 valence electrons. The number of carbonyl (C=O) groups excluding carboxylic acids is 2. The second-order valence-corrected chi connectivity index (χ2v) is 29.2. The summed E-state index contributed by atoms with van der Waals surface area (Å²) >= 11 is 0. The molecule has 2 aliphatic heterocycles. The molecule has 12 heteroatoms. The first-order chi connectivity index (χ1) is 24.4. The predicted molar refractivity (Wildman–Crippen MR) is 220 cm³/mol. The Kier molecular flexibility index (Phi) is 17.1. The van der Waals surface area contributed by atoms with Gasteiger partial charge in [0.05, 0.1) is 36.9 Å². The first-order valence-electron chi connectivity index (χ1n) is 20.3. The van der Waals surface area contributed by atoms with Crippen molar-refractivity contribution in [2.24, 2.45) is 17.8 Å². The van der Waals surface area contributed by atoms with Crippen LogP contribution in [0.3, 0.4) is 0 Å². The van der Waals surface area contributed by atoms with Crippen molar-refractivity contribution >= 4 is 28.6 Å². The summed E-state index contributed by atoms with van der Waals surface area (Å²) in [4.78, 5) is 25.7. The van der Waals surface area contributed by atoms with E-state index in [1.54, 1.807) is 32.1 Å². The Hall–Kier alpha value is -1.39. The first kappa shape index (κ1) is 48.8. The fourth-order valence-electron chi connectivity index (χ4n) is 6.75. The van der Waals surface area contributed by atoms with Crippen molar-refractivity contribution in [3.05, 3.63) is 23.8 Å². The Morgan fingerprint density at radius 1 is 1.04 bits per heavy atom. The van der Waals surface area contributed by atoms with E-state index < -0.39 is 70.6 Å². The van der Waals surface area contributed by atoms with E-state index in [0.717, 1.165) is 6.42 Å². The minimum absolute atomic E-state index is 0.0238. The molecule has 0 aliphatic carbocycles. The number of carbonyl (C=O) groups is 2. The van der Waals surface area contributed by atoms with Crippen LogP contribution in [-0.2, 0) is 32.7 Å². The van der Waals surface area contributed by atoms with Crippen molar-refractivity contribution in [3.63, 3.8) is 0 Å². The van der Waals surface area contributed by atoms with Crippen LogP contribution in [0.2, 0.25) is 36.3 Å². The van der Waals surface area contributed by atoms with Gasteiger partial charge in [0.15, 0.2) is 16.6 Å². The molecule has 1 fully saturated rings. The Labute approximate surface area is 330 Å². The van der Waals surface area contributed by atoms with Crippen LogP contribution in [0, 0.1) is 17.8 Å². The highest BCUT2D eigenvalue weighted by atomic mass is 28.4. The highest BCUT2D eigenvalue weighted by Crippen LogP contribution is 2.43. The van der Waals surface area contributed by atoms with Gasteiger partial charge in [0, 0.05) is 24.9 Å². The number of hydrogen-bond donors (Lipinski definition) is 3. The molecular formula is C42H78O10Si2. The van der Waals surface area contributed by atoms with Gasteiger partial charge in [-0.1, -0.05) is 81.4 Å². The van der Waals surface area contributed by atoms with Gasteiger partial charge in [0.1, 0.15) is 17.8 Å². The van der Waals surface area contributed by atoms with Crippen LogP contribution in [0.25, 0.3) is 0 Å². The number of ether oxygens (including phenoxy) is 3. The average molecular weight is 799 g/mol.